The molecule has 0 fully saturated rings. The molecule has 0 saturated carbocycles. The summed E-state index contributed by atoms with van der Waals surface area (Å²) in [7, 11) is 0. The Hall–Kier alpha value is -1.62. The van der Waals surface area contributed by atoms with E-state index in [4.69, 9.17) is 4.74 Å². The fourth-order valence-corrected chi connectivity index (χ4v) is 4.07. The third-order valence-corrected chi connectivity index (χ3v) is 4.82. The van der Waals surface area contributed by atoms with Gasteiger partial charge in [-0.2, -0.15) is 0 Å². The number of esters is 1. The first-order valence-electron chi connectivity index (χ1n) is 7.69. The van der Waals surface area contributed by atoms with Crippen molar-refractivity contribution in [2.45, 2.75) is 47.0 Å². The molecule has 0 aliphatic heterocycles. The maximum absolute atomic E-state index is 12.3. The second-order valence-electron chi connectivity index (χ2n) is 5.99. The Bertz CT molecular complexity index is 612. The predicted octanol–water partition coefficient (Wildman–Crippen LogP) is 3.95. The standard InChI is InChI=1S/C17H23NO3S/c1-5-21-17(20)15-12-7-6-11(4)9-13(12)22-16(15)18-14(19)8-10(2)3/h8,11H,5-7,9H2,1-4H3,(H,18,19)/t11-/m0/s1. The maximum Gasteiger partial charge on any atom is 0.341 e. The molecule has 120 valence electrons. The highest BCUT2D eigenvalue weighted by molar-refractivity contribution is 7.17. The van der Waals surface area contributed by atoms with Gasteiger partial charge in [-0.3, -0.25) is 4.79 Å². The molecular formula is C17H23NO3S. The van der Waals surface area contributed by atoms with Crippen molar-refractivity contribution in [2.75, 3.05) is 11.9 Å². The number of carbonyl (C=O) groups is 2. The first-order chi connectivity index (χ1) is 10.4. The molecule has 22 heavy (non-hydrogen) atoms. The minimum Gasteiger partial charge on any atom is -0.462 e. The van der Waals surface area contributed by atoms with Crippen LogP contribution in [0, 0.1) is 5.92 Å². The van der Waals surface area contributed by atoms with Crippen LogP contribution in [0.25, 0.3) is 0 Å². The maximum atomic E-state index is 12.3. The first-order valence-corrected chi connectivity index (χ1v) is 8.51. The molecule has 1 aliphatic carbocycles. The number of anilines is 1. The predicted molar refractivity (Wildman–Crippen MR) is 89.5 cm³/mol. The van der Waals surface area contributed by atoms with E-state index in [0.717, 1.165) is 30.4 Å². The van der Waals surface area contributed by atoms with E-state index >= 15 is 0 Å². The van der Waals surface area contributed by atoms with Gasteiger partial charge in [-0.1, -0.05) is 12.5 Å². The summed E-state index contributed by atoms with van der Waals surface area (Å²) in [4.78, 5) is 25.5. The van der Waals surface area contributed by atoms with Gasteiger partial charge in [-0.05, 0) is 51.5 Å². The van der Waals surface area contributed by atoms with Crippen molar-refractivity contribution in [1.29, 1.82) is 0 Å². The quantitative estimate of drug-likeness (QED) is 0.675. The van der Waals surface area contributed by atoms with Crippen molar-refractivity contribution in [1.82, 2.24) is 0 Å². The van der Waals surface area contributed by atoms with E-state index < -0.39 is 0 Å². The van der Waals surface area contributed by atoms with E-state index in [1.54, 1.807) is 6.92 Å². The molecule has 1 aromatic rings. The molecule has 0 unspecified atom stereocenters. The molecule has 1 aromatic heterocycles. The van der Waals surface area contributed by atoms with Crippen LogP contribution >= 0.6 is 11.3 Å². The number of amides is 1. The zero-order valence-corrected chi connectivity index (χ0v) is 14.4. The number of carbonyl (C=O) groups excluding carboxylic acids is 2. The Morgan fingerprint density at radius 1 is 1.41 bits per heavy atom. The summed E-state index contributed by atoms with van der Waals surface area (Å²) in [6.45, 7) is 8.08. The largest absolute Gasteiger partial charge is 0.462 e. The van der Waals surface area contributed by atoms with E-state index in [-0.39, 0.29) is 11.9 Å². The Balaban J connectivity index is 2.37. The second-order valence-corrected chi connectivity index (χ2v) is 7.09. The highest BCUT2D eigenvalue weighted by Gasteiger charge is 2.28. The minimum atomic E-state index is -0.331. The van der Waals surface area contributed by atoms with Crippen LogP contribution in [-0.4, -0.2) is 18.5 Å². The Morgan fingerprint density at radius 3 is 2.77 bits per heavy atom. The molecule has 0 aromatic carbocycles. The topological polar surface area (TPSA) is 55.4 Å². The minimum absolute atomic E-state index is 0.197. The zero-order valence-electron chi connectivity index (χ0n) is 13.6. The van der Waals surface area contributed by atoms with Crippen LogP contribution in [0.2, 0.25) is 0 Å². The van der Waals surface area contributed by atoms with Crippen molar-refractivity contribution >= 4 is 28.2 Å². The van der Waals surface area contributed by atoms with E-state index in [1.165, 1.54) is 22.3 Å². The number of thiophene rings is 1. The molecule has 1 aliphatic rings. The summed E-state index contributed by atoms with van der Waals surface area (Å²) in [5.41, 5.74) is 2.54. The lowest BCUT2D eigenvalue weighted by atomic mass is 9.88. The van der Waals surface area contributed by atoms with Gasteiger partial charge in [-0.25, -0.2) is 4.79 Å². The number of allylic oxidation sites excluding steroid dienone is 1. The lowest BCUT2D eigenvalue weighted by molar-refractivity contribution is -0.111. The zero-order chi connectivity index (χ0) is 16.3. The monoisotopic (exact) mass is 321 g/mol. The van der Waals surface area contributed by atoms with E-state index in [2.05, 4.69) is 12.2 Å². The van der Waals surface area contributed by atoms with Crippen LogP contribution in [-0.2, 0) is 22.4 Å². The number of hydrogen-bond donors (Lipinski definition) is 1. The molecule has 1 atom stereocenters. The fourth-order valence-electron chi connectivity index (χ4n) is 2.67. The number of fused-ring (bicyclic) bond motifs is 1. The molecule has 5 heteroatoms. The lowest BCUT2D eigenvalue weighted by Crippen LogP contribution is -2.15. The Labute approximate surface area is 135 Å². The van der Waals surface area contributed by atoms with Gasteiger partial charge in [0.05, 0.1) is 12.2 Å². The van der Waals surface area contributed by atoms with Crippen molar-refractivity contribution < 1.29 is 14.3 Å². The summed E-state index contributed by atoms with van der Waals surface area (Å²) >= 11 is 1.51. The molecule has 0 radical (unpaired) electrons. The molecule has 0 bridgehead atoms. The molecule has 0 spiro atoms. The van der Waals surface area contributed by atoms with Crippen molar-refractivity contribution in [3.8, 4) is 0 Å². The van der Waals surface area contributed by atoms with Crippen LogP contribution in [0.4, 0.5) is 5.00 Å². The summed E-state index contributed by atoms with van der Waals surface area (Å²) in [5, 5.41) is 3.48. The van der Waals surface area contributed by atoms with Gasteiger partial charge in [0.2, 0.25) is 5.91 Å². The smallest absolute Gasteiger partial charge is 0.341 e. The number of nitrogens with one attached hydrogen (secondary N) is 1. The van der Waals surface area contributed by atoms with Gasteiger partial charge in [-0.15, -0.1) is 11.3 Å². The van der Waals surface area contributed by atoms with Crippen molar-refractivity contribution in [2.24, 2.45) is 5.92 Å². The third kappa shape index (κ3) is 3.77. The fraction of sp³-hybridized carbons (Fsp3) is 0.529. The van der Waals surface area contributed by atoms with Crippen molar-refractivity contribution in [3.05, 3.63) is 27.7 Å². The van der Waals surface area contributed by atoms with Crippen LogP contribution in [0.15, 0.2) is 11.6 Å². The number of ether oxygens (including phenoxy) is 1. The molecule has 1 heterocycles. The second kappa shape index (κ2) is 7.09. The number of rotatable bonds is 4. The summed E-state index contributed by atoms with van der Waals surface area (Å²) in [6.07, 6.45) is 4.44. The lowest BCUT2D eigenvalue weighted by Gasteiger charge is -2.18. The summed E-state index contributed by atoms with van der Waals surface area (Å²) in [5.74, 6) is 0.0850. The average Bonchev–Trinajstić information content (AvgIpc) is 2.74. The third-order valence-electron chi connectivity index (χ3n) is 3.65. The average molecular weight is 321 g/mol. The van der Waals surface area contributed by atoms with Gasteiger partial charge in [0.15, 0.2) is 0 Å². The van der Waals surface area contributed by atoms with Crippen molar-refractivity contribution in [3.63, 3.8) is 0 Å². The summed E-state index contributed by atoms with van der Waals surface area (Å²) < 4.78 is 5.18. The van der Waals surface area contributed by atoms with Gasteiger partial charge in [0, 0.05) is 11.0 Å². The van der Waals surface area contributed by atoms with Gasteiger partial charge in [0.1, 0.15) is 5.00 Å². The highest BCUT2D eigenvalue weighted by Crippen LogP contribution is 2.40. The van der Waals surface area contributed by atoms with E-state index in [1.807, 2.05) is 13.8 Å². The van der Waals surface area contributed by atoms with Gasteiger partial charge < -0.3 is 10.1 Å². The van der Waals surface area contributed by atoms with Crippen LogP contribution in [0.3, 0.4) is 0 Å². The molecule has 1 N–H and O–H groups in total. The first kappa shape index (κ1) is 16.7. The van der Waals surface area contributed by atoms with Gasteiger partial charge in [0.25, 0.3) is 0 Å². The molecular weight excluding hydrogens is 298 g/mol. The van der Waals surface area contributed by atoms with E-state index in [9.17, 15) is 9.59 Å². The summed E-state index contributed by atoms with van der Waals surface area (Å²) in [6, 6.07) is 0. The van der Waals surface area contributed by atoms with Crippen LogP contribution in [0.1, 0.15) is 54.9 Å². The Kier molecular flexibility index (Phi) is 5.40. The SMILES string of the molecule is CCOC(=O)c1c(NC(=O)C=C(C)C)sc2c1CC[C@H](C)C2. The van der Waals surface area contributed by atoms with Crippen LogP contribution < -0.4 is 5.32 Å². The molecule has 1 amide bonds. The molecule has 4 nitrogen and oxygen atoms in total. The normalized spacial score (nSPS) is 16.6. The van der Waals surface area contributed by atoms with Crippen LogP contribution in [0.5, 0.6) is 0 Å². The molecule has 2 rings (SSSR count). The highest BCUT2D eigenvalue weighted by atomic mass is 32.1. The molecule has 0 saturated heterocycles. The Morgan fingerprint density at radius 2 is 2.14 bits per heavy atom. The van der Waals surface area contributed by atoms with Gasteiger partial charge >= 0.3 is 5.97 Å². The van der Waals surface area contributed by atoms with E-state index in [0.29, 0.717) is 23.1 Å². The number of hydrogen-bond acceptors (Lipinski definition) is 4.